The van der Waals surface area contributed by atoms with Crippen molar-refractivity contribution in [2.45, 2.75) is 19.5 Å². The van der Waals surface area contributed by atoms with Gasteiger partial charge in [0.2, 0.25) is 0 Å². The number of aromatic nitrogens is 5. The van der Waals surface area contributed by atoms with Gasteiger partial charge in [0, 0.05) is 38.4 Å². The van der Waals surface area contributed by atoms with Gasteiger partial charge >= 0.3 is 0 Å². The summed E-state index contributed by atoms with van der Waals surface area (Å²) in [7, 11) is 1.86. The average molecular weight is 275 g/mol. The second-order valence-corrected chi connectivity index (χ2v) is 4.99. The molecule has 106 valence electrons. The van der Waals surface area contributed by atoms with Crippen molar-refractivity contribution >= 4 is 5.91 Å². The molecular formula is C12H17N7O. The van der Waals surface area contributed by atoms with Gasteiger partial charge in [-0.05, 0) is 6.92 Å². The van der Waals surface area contributed by atoms with E-state index in [1.807, 2.05) is 20.2 Å². The van der Waals surface area contributed by atoms with E-state index >= 15 is 0 Å². The summed E-state index contributed by atoms with van der Waals surface area (Å²) in [5.41, 5.74) is 2.26. The Morgan fingerprint density at radius 1 is 1.50 bits per heavy atom. The van der Waals surface area contributed by atoms with Crippen LogP contribution in [0.15, 0.2) is 12.4 Å². The second kappa shape index (κ2) is 5.04. The molecule has 0 aromatic carbocycles. The number of nitrogens with zero attached hydrogens (tertiary/aromatic N) is 5. The molecule has 1 amide bonds. The highest BCUT2D eigenvalue weighted by molar-refractivity contribution is 5.91. The maximum Gasteiger partial charge on any atom is 0.273 e. The Bertz CT molecular complexity index is 626. The monoisotopic (exact) mass is 275 g/mol. The zero-order chi connectivity index (χ0) is 14.1. The van der Waals surface area contributed by atoms with E-state index in [1.54, 1.807) is 15.6 Å². The summed E-state index contributed by atoms with van der Waals surface area (Å²) in [6, 6.07) is 0.310. The van der Waals surface area contributed by atoms with E-state index < -0.39 is 0 Å². The molecular weight excluding hydrogens is 258 g/mol. The first-order chi connectivity index (χ1) is 9.63. The smallest absolute Gasteiger partial charge is 0.273 e. The third-order valence-corrected chi connectivity index (χ3v) is 3.43. The number of aryl methyl sites for hydroxylation is 2. The lowest BCUT2D eigenvalue weighted by atomic mass is 10.2. The van der Waals surface area contributed by atoms with E-state index in [1.165, 1.54) is 0 Å². The maximum atomic E-state index is 12.0. The minimum Gasteiger partial charge on any atom is -0.346 e. The molecule has 2 aromatic rings. The van der Waals surface area contributed by atoms with Crippen LogP contribution in [-0.2, 0) is 13.6 Å². The topological polar surface area (TPSA) is 89.7 Å². The van der Waals surface area contributed by atoms with E-state index in [9.17, 15) is 4.79 Å². The van der Waals surface area contributed by atoms with E-state index in [0.717, 1.165) is 24.3 Å². The summed E-state index contributed by atoms with van der Waals surface area (Å²) in [5.74, 6) is -0.216. The SMILES string of the molecule is Cc1nn(C)cc1CNC(=O)c1cn(C2CNC2)nn1. The van der Waals surface area contributed by atoms with Crippen molar-refractivity contribution < 1.29 is 4.79 Å². The predicted octanol–water partition coefficient (Wildman–Crippen LogP) is -0.606. The highest BCUT2D eigenvalue weighted by Gasteiger charge is 2.21. The number of rotatable bonds is 4. The molecule has 0 spiro atoms. The lowest BCUT2D eigenvalue weighted by Gasteiger charge is -2.26. The lowest BCUT2D eigenvalue weighted by Crippen LogP contribution is -2.43. The molecule has 2 N–H and O–H groups in total. The van der Waals surface area contributed by atoms with Gasteiger partial charge in [-0.25, -0.2) is 4.68 Å². The molecule has 0 aliphatic carbocycles. The summed E-state index contributed by atoms with van der Waals surface area (Å²) < 4.78 is 3.47. The van der Waals surface area contributed by atoms with Gasteiger partial charge in [-0.3, -0.25) is 9.48 Å². The van der Waals surface area contributed by atoms with Gasteiger partial charge in [0.15, 0.2) is 5.69 Å². The van der Waals surface area contributed by atoms with Crippen LogP contribution in [0.2, 0.25) is 0 Å². The van der Waals surface area contributed by atoms with Crippen molar-refractivity contribution in [1.29, 1.82) is 0 Å². The first kappa shape index (κ1) is 12.8. The Morgan fingerprint density at radius 2 is 2.30 bits per heavy atom. The van der Waals surface area contributed by atoms with Crippen LogP contribution in [-0.4, -0.2) is 43.8 Å². The molecule has 0 unspecified atom stereocenters. The quantitative estimate of drug-likeness (QED) is 0.777. The van der Waals surface area contributed by atoms with Crippen LogP contribution in [0, 0.1) is 6.92 Å². The second-order valence-electron chi connectivity index (χ2n) is 4.99. The van der Waals surface area contributed by atoms with Crippen LogP contribution in [0.1, 0.15) is 27.8 Å². The van der Waals surface area contributed by atoms with Gasteiger partial charge in [0.25, 0.3) is 5.91 Å². The van der Waals surface area contributed by atoms with E-state index in [4.69, 9.17) is 0 Å². The number of nitrogens with one attached hydrogen (secondary N) is 2. The molecule has 0 bridgehead atoms. The van der Waals surface area contributed by atoms with Crippen molar-refractivity contribution in [3.8, 4) is 0 Å². The Hall–Kier alpha value is -2.22. The first-order valence-corrected chi connectivity index (χ1v) is 6.53. The van der Waals surface area contributed by atoms with Crippen molar-refractivity contribution in [1.82, 2.24) is 35.4 Å². The molecule has 1 saturated heterocycles. The van der Waals surface area contributed by atoms with Gasteiger partial charge in [0.1, 0.15) is 0 Å². The standard InChI is InChI=1S/C12H17N7O/c1-8-9(6-18(2)16-8)3-14-12(20)11-7-19(17-15-11)10-4-13-5-10/h6-7,10,13H,3-5H2,1-2H3,(H,14,20). The van der Waals surface area contributed by atoms with Crippen LogP contribution in [0.3, 0.4) is 0 Å². The van der Waals surface area contributed by atoms with Crippen molar-refractivity contribution in [2.75, 3.05) is 13.1 Å². The number of carbonyl (C=O) groups is 1. The molecule has 2 aromatic heterocycles. The van der Waals surface area contributed by atoms with Crippen molar-refractivity contribution in [3.05, 3.63) is 29.3 Å². The Morgan fingerprint density at radius 3 is 2.90 bits per heavy atom. The van der Waals surface area contributed by atoms with Gasteiger partial charge in [-0.1, -0.05) is 5.21 Å². The summed E-state index contributed by atoms with van der Waals surface area (Å²) in [4.78, 5) is 12.0. The average Bonchev–Trinajstić information content (AvgIpc) is 2.91. The van der Waals surface area contributed by atoms with Crippen LogP contribution in [0.4, 0.5) is 0 Å². The number of hydrogen-bond acceptors (Lipinski definition) is 5. The van der Waals surface area contributed by atoms with Crippen LogP contribution >= 0.6 is 0 Å². The minimum atomic E-state index is -0.216. The highest BCUT2D eigenvalue weighted by atomic mass is 16.2. The molecule has 3 heterocycles. The van der Waals surface area contributed by atoms with Gasteiger partial charge < -0.3 is 10.6 Å². The van der Waals surface area contributed by atoms with Crippen molar-refractivity contribution in [2.24, 2.45) is 7.05 Å². The third-order valence-electron chi connectivity index (χ3n) is 3.43. The maximum absolute atomic E-state index is 12.0. The number of hydrogen-bond donors (Lipinski definition) is 2. The van der Waals surface area contributed by atoms with Crippen LogP contribution < -0.4 is 10.6 Å². The summed E-state index contributed by atoms with van der Waals surface area (Å²) in [6.07, 6.45) is 3.59. The Labute approximate surface area is 116 Å². The molecule has 1 aliphatic heterocycles. The summed E-state index contributed by atoms with van der Waals surface area (Å²) >= 11 is 0. The molecule has 1 aliphatic rings. The van der Waals surface area contributed by atoms with E-state index in [-0.39, 0.29) is 5.91 Å². The van der Waals surface area contributed by atoms with Gasteiger partial charge in [-0.15, -0.1) is 5.10 Å². The molecule has 20 heavy (non-hydrogen) atoms. The normalized spacial score (nSPS) is 15.1. The molecule has 0 atom stereocenters. The zero-order valence-electron chi connectivity index (χ0n) is 11.5. The Balaban J connectivity index is 1.61. The molecule has 8 heteroatoms. The predicted molar refractivity (Wildman–Crippen MR) is 71.0 cm³/mol. The molecule has 0 radical (unpaired) electrons. The fourth-order valence-corrected chi connectivity index (χ4v) is 2.11. The molecule has 8 nitrogen and oxygen atoms in total. The van der Waals surface area contributed by atoms with E-state index in [0.29, 0.717) is 18.3 Å². The summed E-state index contributed by atoms with van der Waals surface area (Å²) in [6.45, 7) is 4.11. The third kappa shape index (κ3) is 2.42. The largest absolute Gasteiger partial charge is 0.346 e. The Kier molecular flexibility index (Phi) is 3.23. The fourth-order valence-electron chi connectivity index (χ4n) is 2.11. The fraction of sp³-hybridized carbons (Fsp3) is 0.500. The zero-order valence-corrected chi connectivity index (χ0v) is 11.5. The first-order valence-electron chi connectivity index (χ1n) is 6.53. The highest BCUT2D eigenvalue weighted by Crippen LogP contribution is 2.10. The van der Waals surface area contributed by atoms with Crippen LogP contribution in [0.5, 0.6) is 0 Å². The molecule has 1 fully saturated rings. The van der Waals surface area contributed by atoms with Gasteiger partial charge in [0.05, 0.1) is 17.9 Å². The van der Waals surface area contributed by atoms with E-state index in [2.05, 4.69) is 26.0 Å². The minimum absolute atomic E-state index is 0.216. The van der Waals surface area contributed by atoms with Crippen molar-refractivity contribution in [3.63, 3.8) is 0 Å². The summed E-state index contributed by atoms with van der Waals surface area (Å²) in [5, 5.41) is 18.1. The van der Waals surface area contributed by atoms with Crippen LogP contribution in [0.25, 0.3) is 0 Å². The lowest BCUT2D eigenvalue weighted by molar-refractivity contribution is 0.0945. The molecule has 3 rings (SSSR count). The number of carbonyl (C=O) groups excluding carboxylic acids is 1. The molecule has 0 saturated carbocycles. The number of amides is 1. The van der Waals surface area contributed by atoms with Gasteiger partial charge in [-0.2, -0.15) is 5.10 Å².